The number of hydrogen-bond acceptors (Lipinski definition) is 7. The number of carbonyl (C=O) groups is 1. The van der Waals surface area contributed by atoms with Crippen LogP contribution in [0.15, 0.2) is 72.1 Å². The Morgan fingerprint density at radius 2 is 1.88 bits per heavy atom. The summed E-state index contributed by atoms with van der Waals surface area (Å²) in [7, 11) is 1.58. The number of rotatable bonds is 6. The fourth-order valence-corrected chi connectivity index (χ4v) is 3.84. The molecule has 0 saturated heterocycles. The first-order valence-corrected chi connectivity index (χ1v) is 10.7. The van der Waals surface area contributed by atoms with Crippen molar-refractivity contribution in [2.45, 2.75) is 19.8 Å². The Bertz CT molecular complexity index is 1320. The molecule has 0 saturated carbocycles. The highest BCUT2D eigenvalue weighted by atomic mass is 16.6. The van der Waals surface area contributed by atoms with Gasteiger partial charge in [0.15, 0.2) is 6.61 Å². The molecule has 3 aromatic carbocycles. The highest BCUT2D eigenvalue weighted by molar-refractivity contribution is 5.74. The molecule has 1 aliphatic rings. The van der Waals surface area contributed by atoms with Crippen LogP contribution in [-0.2, 0) is 4.79 Å². The van der Waals surface area contributed by atoms with Gasteiger partial charge in [-0.1, -0.05) is 30.3 Å². The Morgan fingerprint density at radius 3 is 2.65 bits per heavy atom. The molecule has 3 aromatic rings. The lowest BCUT2D eigenvalue weighted by Crippen LogP contribution is -2.22. The fourth-order valence-electron chi connectivity index (χ4n) is 3.84. The van der Waals surface area contributed by atoms with Gasteiger partial charge in [0.1, 0.15) is 34.6 Å². The second-order valence-corrected chi connectivity index (χ2v) is 7.86. The Kier molecular flexibility index (Phi) is 6.42. The van der Waals surface area contributed by atoms with Crippen molar-refractivity contribution in [3.63, 3.8) is 0 Å². The van der Waals surface area contributed by atoms with Crippen LogP contribution in [0, 0.1) is 25.2 Å². The second kappa shape index (κ2) is 9.59. The van der Waals surface area contributed by atoms with Crippen LogP contribution in [0.2, 0.25) is 0 Å². The topological polar surface area (TPSA) is 104 Å². The van der Waals surface area contributed by atoms with E-state index in [-0.39, 0.29) is 18.2 Å². The molecule has 1 unspecified atom stereocenters. The number of allylic oxidation sites excluding steroid dienone is 1. The molecule has 0 aromatic heterocycles. The molecule has 0 fully saturated rings. The SMILES string of the molecule is COc1cccc(C2C(C#N)=C(N)Oc3cc(OC(=O)COc4cccc(C)c4C)ccc32)c1. The third-order valence-corrected chi connectivity index (χ3v) is 5.75. The molecule has 7 nitrogen and oxygen atoms in total. The highest BCUT2D eigenvalue weighted by Crippen LogP contribution is 2.44. The molecular formula is C27H24N2O5. The van der Waals surface area contributed by atoms with Gasteiger partial charge in [0.25, 0.3) is 0 Å². The summed E-state index contributed by atoms with van der Waals surface area (Å²) in [5.41, 5.74) is 9.97. The summed E-state index contributed by atoms with van der Waals surface area (Å²) >= 11 is 0. The first kappa shape index (κ1) is 22.7. The summed E-state index contributed by atoms with van der Waals surface area (Å²) in [4.78, 5) is 12.4. The summed E-state index contributed by atoms with van der Waals surface area (Å²) < 4.78 is 22.1. The number of fused-ring (bicyclic) bond motifs is 1. The maximum absolute atomic E-state index is 12.4. The molecule has 1 atom stereocenters. The molecule has 0 spiro atoms. The zero-order valence-electron chi connectivity index (χ0n) is 19.1. The van der Waals surface area contributed by atoms with E-state index in [4.69, 9.17) is 24.7 Å². The number of hydrogen-bond donors (Lipinski definition) is 1. The van der Waals surface area contributed by atoms with Gasteiger partial charge in [-0.15, -0.1) is 0 Å². The third-order valence-electron chi connectivity index (χ3n) is 5.75. The fraction of sp³-hybridized carbons (Fsp3) is 0.185. The zero-order valence-corrected chi connectivity index (χ0v) is 19.1. The predicted octanol–water partition coefficient (Wildman–Crippen LogP) is 4.51. The number of nitrogens with two attached hydrogens (primary N) is 1. The number of esters is 1. The van der Waals surface area contributed by atoms with Gasteiger partial charge in [-0.2, -0.15) is 5.26 Å². The van der Waals surface area contributed by atoms with Gasteiger partial charge < -0.3 is 24.7 Å². The Labute approximate surface area is 197 Å². The predicted molar refractivity (Wildman–Crippen MR) is 126 cm³/mol. The van der Waals surface area contributed by atoms with Gasteiger partial charge >= 0.3 is 5.97 Å². The molecule has 0 bridgehead atoms. The Balaban J connectivity index is 1.56. The molecule has 7 heteroatoms. The monoisotopic (exact) mass is 456 g/mol. The molecule has 0 radical (unpaired) electrons. The van der Waals surface area contributed by atoms with Crippen LogP contribution in [-0.4, -0.2) is 19.7 Å². The van der Waals surface area contributed by atoms with Crippen molar-refractivity contribution in [3.8, 4) is 29.1 Å². The Hall–Kier alpha value is -4.44. The molecule has 0 aliphatic carbocycles. The molecule has 1 aliphatic heterocycles. The van der Waals surface area contributed by atoms with Gasteiger partial charge in [0.05, 0.1) is 13.0 Å². The molecule has 34 heavy (non-hydrogen) atoms. The normalized spacial score (nSPS) is 14.5. The smallest absolute Gasteiger partial charge is 0.349 e. The van der Waals surface area contributed by atoms with E-state index in [9.17, 15) is 10.1 Å². The quantitative estimate of drug-likeness (QED) is 0.430. The first-order valence-electron chi connectivity index (χ1n) is 10.7. The van der Waals surface area contributed by atoms with Crippen molar-refractivity contribution in [2.75, 3.05) is 13.7 Å². The lowest BCUT2D eigenvalue weighted by atomic mass is 9.83. The zero-order chi connectivity index (χ0) is 24.2. The summed E-state index contributed by atoms with van der Waals surface area (Å²) in [5, 5.41) is 9.73. The van der Waals surface area contributed by atoms with Gasteiger partial charge in [0, 0.05) is 11.6 Å². The van der Waals surface area contributed by atoms with E-state index in [0.717, 1.165) is 22.3 Å². The van der Waals surface area contributed by atoms with E-state index in [0.29, 0.717) is 22.8 Å². The molecular weight excluding hydrogens is 432 g/mol. The molecule has 0 amide bonds. The van der Waals surface area contributed by atoms with E-state index in [1.807, 2.05) is 56.3 Å². The van der Waals surface area contributed by atoms with Crippen molar-refractivity contribution >= 4 is 5.97 Å². The largest absolute Gasteiger partial charge is 0.497 e. The van der Waals surface area contributed by atoms with Crippen LogP contribution in [0.25, 0.3) is 0 Å². The van der Waals surface area contributed by atoms with Crippen LogP contribution < -0.4 is 24.7 Å². The second-order valence-electron chi connectivity index (χ2n) is 7.86. The van der Waals surface area contributed by atoms with E-state index in [1.54, 1.807) is 25.3 Å². The van der Waals surface area contributed by atoms with Crippen LogP contribution in [0.5, 0.6) is 23.0 Å². The van der Waals surface area contributed by atoms with Gasteiger partial charge in [-0.25, -0.2) is 4.79 Å². The van der Waals surface area contributed by atoms with Gasteiger partial charge in [-0.05, 0) is 54.8 Å². The minimum absolute atomic E-state index is 0.00422. The van der Waals surface area contributed by atoms with Crippen LogP contribution in [0.1, 0.15) is 28.2 Å². The number of benzene rings is 3. The Morgan fingerprint density at radius 1 is 1.09 bits per heavy atom. The summed E-state index contributed by atoms with van der Waals surface area (Å²) in [6.07, 6.45) is 0. The number of methoxy groups -OCH3 is 1. The van der Waals surface area contributed by atoms with Gasteiger partial charge in [-0.3, -0.25) is 0 Å². The van der Waals surface area contributed by atoms with Crippen LogP contribution in [0.3, 0.4) is 0 Å². The van der Waals surface area contributed by atoms with Crippen molar-refractivity contribution < 1.29 is 23.7 Å². The average molecular weight is 456 g/mol. The number of nitrogens with zero attached hydrogens (tertiary/aromatic N) is 1. The number of nitriles is 1. The molecule has 4 rings (SSSR count). The van der Waals surface area contributed by atoms with E-state index in [2.05, 4.69) is 6.07 Å². The highest BCUT2D eigenvalue weighted by Gasteiger charge is 2.31. The van der Waals surface area contributed by atoms with E-state index in [1.165, 1.54) is 0 Å². The standard InChI is InChI=1S/C27H24N2O5/c1-16-6-4-9-23(17(16)2)32-15-25(30)33-20-10-11-21-24(13-20)34-27(29)22(14-28)26(21)18-7-5-8-19(12-18)31-3/h4-13,26H,15,29H2,1-3H3. The minimum atomic E-state index is -0.553. The number of aryl methyl sites for hydroxylation is 1. The minimum Gasteiger partial charge on any atom is -0.497 e. The lowest BCUT2D eigenvalue weighted by molar-refractivity contribution is -0.136. The number of carbonyl (C=O) groups excluding carboxylic acids is 1. The van der Waals surface area contributed by atoms with Crippen molar-refractivity contribution in [1.29, 1.82) is 5.26 Å². The van der Waals surface area contributed by atoms with E-state index >= 15 is 0 Å². The van der Waals surface area contributed by atoms with Crippen molar-refractivity contribution in [2.24, 2.45) is 5.73 Å². The van der Waals surface area contributed by atoms with Gasteiger partial charge in [0.2, 0.25) is 5.88 Å². The average Bonchev–Trinajstić information content (AvgIpc) is 2.84. The lowest BCUT2D eigenvalue weighted by Gasteiger charge is -2.27. The third kappa shape index (κ3) is 4.52. The number of ether oxygens (including phenoxy) is 4. The van der Waals surface area contributed by atoms with Crippen LogP contribution >= 0.6 is 0 Å². The summed E-state index contributed by atoms with van der Waals surface area (Å²) in [6, 6.07) is 20.2. The van der Waals surface area contributed by atoms with E-state index < -0.39 is 11.9 Å². The van der Waals surface area contributed by atoms with Crippen molar-refractivity contribution in [3.05, 3.63) is 94.4 Å². The summed E-state index contributed by atoms with van der Waals surface area (Å²) in [5.74, 6) is 0.994. The first-order chi connectivity index (χ1) is 16.4. The molecule has 172 valence electrons. The molecule has 1 heterocycles. The maximum atomic E-state index is 12.4. The van der Waals surface area contributed by atoms with Crippen molar-refractivity contribution in [1.82, 2.24) is 0 Å². The maximum Gasteiger partial charge on any atom is 0.349 e. The summed E-state index contributed by atoms with van der Waals surface area (Å²) in [6.45, 7) is 3.67. The molecule has 2 N–H and O–H groups in total. The van der Waals surface area contributed by atoms with Crippen LogP contribution in [0.4, 0.5) is 0 Å².